The van der Waals surface area contributed by atoms with E-state index in [0.717, 1.165) is 19.5 Å². The first kappa shape index (κ1) is 12.3. The van der Waals surface area contributed by atoms with Crippen LogP contribution < -0.4 is 11.1 Å². The third-order valence-electron chi connectivity index (χ3n) is 2.65. The van der Waals surface area contributed by atoms with Crippen molar-refractivity contribution in [3.05, 3.63) is 24.2 Å². The summed E-state index contributed by atoms with van der Waals surface area (Å²) >= 11 is 0. The Morgan fingerprint density at radius 2 is 2.20 bits per heavy atom. The van der Waals surface area contributed by atoms with Crippen LogP contribution in [0.25, 0.3) is 0 Å². The Balaban J connectivity index is 2.12. The van der Waals surface area contributed by atoms with Crippen LogP contribution in [0, 0.1) is 5.41 Å². The molecule has 0 radical (unpaired) electrons. The highest BCUT2D eigenvalue weighted by atomic mass is 16.3. The Bertz CT molecular complexity index is 262. The fourth-order valence-corrected chi connectivity index (χ4v) is 1.32. The van der Waals surface area contributed by atoms with Crippen molar-refractivity contribution in [1.82, 2.24) is 5.32 Å². The molecule has 1 heterocycles. The molecule has 3 N–H and O–H groups in total. The molecule has 0 aromatic carbocycles. The van der Waals surface area contributed by atoms with Crippen LogP contribution in [0.3, 0.4) is 0 Å². The van der Waals surface area contributed by atoms with Crippen molar-refractivity contribution in [2.75, 3.05) is 6.54 Å². The van der Waals surface area contributed by atoms with Gasteiger partial charge >= 0.3 is 0 Å². The molecule has 0 aliphatic heterocycles. The second-order valence-corrected chi connectivity index (χ2v) is 5.07. The monoisotopic (exact) mass is 210 g/mol. The van der Waals surface area contributed by atoms with Crippen LogP contribution in [0.4, 0.5) is 0 Å². The number of hydrogen-bond acceptors (Lipinski definition) is 3. The molecule has 1 atom stereocenters. The molecule has 0 saturated carbocycles. The number of nitrogens with two attached hydrogens (primary N) is 1. The van der Waals surface area contributed by atoms with Crippen molar-refractivity contribution >= 4 is 0 Å². The van der Waals surface area contributed by atoms with Crippen molar-refractivity contribution in [3.8, 4) is 0 Å². The molecule has 1 rings (SSSR count). The van der Waals surface area contributed by atoms with Crippen molar-refractivity contribution in [2.45, 2.75) is 39.8 Å². The molecule has 86 valence electrons. The minimum Gasteiger partial charge on any atom is -0.472 e. The first-order valence-corrected chi connectivity index (χ1v) is 5.47. The highest BCUT2D eigenvalue weighted by Gasteiger charge is 2.19. The molecule has 3 nitrogen and oxygen atoms in total. The van der Waals surface area contributed by atoms with Gasteiger partial charge in [0.25, 0.3) is 0 Å². The Hall–Kier alpha value is -0.800. The lowest BCUT2D eigenvalue weighted by atomic mass is 9.85. The van der Waals surface area contributed by atoms with E-state index in [1.165, 1.54) is 5.56 Å². The van der Waals surface area contributed by atoms with E-state index in [2.05, 4.69) is 26.1 Å². The first-order valence-electron chi connectivity index (χ1n) is 5.47. The quantitative estimate of drug-likeness (QED) is 0.732. The minimum absolute atomic E-state index is 0.192. The summed E-state index contributed by atoms with van der Waals surface area (Å²) in [5.74, 6) is 0. The zero-order valence-electron chi connectivity index (χ0n) is 9.92. The van der Waals surface area contributed by atoms with Gasteiger partial charge in [0.05, 0.1) is 12.5 Å². The average Bonchev–Trinajstić information content (AvgIpc) is 2.63. The predicted octanol–water partition coefficient (Wildman–Crippen LogP) is 2.13. The summed E-state index contributed by atoms with van der Waals surface area (Å²) in [6.07, 6.45) is 4.45. The third-order valence-corrected chi connectivity index (χ3v) is 2.65. The van der Waals surface area contributed by atoms with E-state index < -0.39 is 0 Å². The molecule has 15 heavy (non-hydrogen) atoms. The summed E-state index contributed by atoms with van der Waals surface area (Å²) in [6, 6.07) is 2.21. The third kappa shape index (κ3) is 4.49. The van der Waals surface area contributed by atoms with E-state index in [1.807, 2.05) is 6.07 Å². The van der Waals surface area contributed by atoms with Crippen LogP contribution in [0.2, 0.25) is 0 Å². The lowest BCUT2D eigenvalue weighted by Gasteiger charge is -2.27. The Labute approximate surface area is 92.0 Å². The average molecular weight is 210 g/mol. The predicted molar refractivity (Wildman–Crippen MR) is 62.5 cm³/mol. The van der Waals surface area contributed by atoms with E-state index >= 15 is 0 Å². The largest absolute Gasteiger partial charge is 0.472 e. The van der Waals surface area contributed by atoms with E-state index in [9.17, 15) is 0 Å². The van der Waals surface area contributed by atoms with E-state index in [0.29, 0.717) is 0 Å². The molecular formula is C12H22N2O. The number of nitrogens with one attached hydrogen (secondary N) is 1. The first-order chi connectivity index (χ1) is 7.00. The molecule has 0 bridgehead atoms. The summed E-state index contributed by atoms with van der Waals surface area (Å²) in [4.78, 5) is 0. The fourth-order valence-electron chi connectivity index (χ4n) is 1.32. The lowest BCUT2D eigenvalue weighted by molar-refractivity contribution is 0.302. The maximum atomic E-state index is 6.05. The van der Waals surface area contributed by atoms with Gasteiger partial charge in [0.15, 0.2) is 0 Å². The van der Waals surface area contributed by atoms with E-state index in [4.69, 9.17) is 10.2 Å². The maximum absolute atomic E-state index is 6.05. The SMILES string of the molecule is CC(C)(C)C(N)CCNCc1ccoc1. The van der Waals surface area contributed by atoms with Crippen LogP contribution in [-0.2, 0) is 6.54 Å². The molecule has 0 aliphatic rings. The van der Waals surface area contributed by atoms with Crippen LogP contribution >= 0.6 is 0 Å². The number of furan rings is 1. The van der Waals surface area contributed by atoms with Gasteiger partial charge in [0, 0.05) is 18.2 Å². The number of hydrogen-bond donors (Lipinski definition) is 2. The summed E-state index contributed by atoms with van der Waals surface area (Å²) < 4.78 is 4.98. The highest BCUT2D eigenvalue weighted by molar-refractivity contribution is 5.04. The van der Waals surface area contributed by atoms with Gasteiger partial charge in [-0.25, -0.2) is 0 Å². The smallest absolute Gasteiger partial charge is 0.0947 e. The van der Waals surface area contributed by atoms with Crippen molar-refractivity contribution in [3.63, 3.8) is 0 Å². The van der Waals surface area contributed by atoms with E-state index in [1.54, 1.807) is 12.5 Å². The zero-order chi connectivity index (χ0) is 11.3. The van der Waals surface area contributed by atoms with Gasteiger partial charge < -0.3 is 15.5 Å². The van der Waals surface area contributed by atoms with E-state index in [-0.39, 0.29) is 11.5 Å². The van der Waals surface area contributed by atoms with Gasteiger partial charge in [-0.15, -0.1) is 0 Å². The van der Waals surface area contributed by atoms with Crippen LogP contribution in [-0.4, -0.2) is 12.6 Å². The molecule has 0 fully saturated rings. The Morgan fingerprint density at radius 3 is 2.73 bits per heavy atom. The summed E-state index contributed by atoms with van der Waals surface area (Å²) in [7, 11) is 0. The fraction of sp³-hybridized carbons (Fsp3) is 0.667. The van der Waals surface area contributed by atoms with Gasteiger partial charge in [0.1, 0.15) is 0 Å². The molecule has 0 aliphatic carbocycles. The van der Waals surface area contributed by atoms with Crippen LogP contribution in [0.5, 0.6) is 0 Å². The summed E-state index contributed by atoms with van der Waals surface area (Å²) in [5.41, 5.74) is 7.42. The maximum Gasteiger partial charge on any atom is 0.0947 e. The van der Waals surface area contributed by atoms with Gasteiger partial charge in [-0.05, 0) is 24.4 Å². The van der Waals surface area contributed by atoms with Crippen LogP contribution in [0.15, 0.2) is 23.0 Å². The molecule has 0 amide bonds. The number of rotatable bonds is 5. The topological polar surface area (TPSA) is 51.2 Å². The molecule has 0 spiro atoms. The summed E-state index contributed by atoms with van der Waals surface area (Å²) in [6.45, 7) is 8.33. The zero-order valence-corrected chi connectivity index (χ0v) is 9.92. The Morgan fingerprint density at radius 1 is 1.47 bits per heavy atom. The Kier molecular flexibility index (Phi) is 4.36. The van der Waals surface area contributed by atoms with Gasteiger partial charge in [-0.1, -0.05) is 20.8 Å². The van der Waals surface area contributed by atoms with Gasteiger partial charge in [-0.2, -0.15) is 0 Å². The second kappa shape index (κ2) is 5.33. The lowest BCUT2D eigenvalue weighted by Crippen LogP contribution is -2.37. The molecular weight excluding hydrogens is 188 g/mol. The van der Waals surface area contributed by atoms with Crippen molar-refractivity contribution in [2.24, 2.45) is 11.1 Å². The molecule has 1 unspecified atom stereocenters. The van der Waals surface area contributed by atoms with Crippen molar-refractivity contribution < 1.29 is 4.42 Å². The summed E-state index contributed by atoms with van der Waals surface area (Å²) in [5, 5.41) is 3.35. The molecule has 3 heteroatoms. The van der Waals surface area contributed by atoms with Crippen LogP contribution in [0.1, 0.15) is 32.8 Å². The second-order valence-electron chi connectivity index (χ2n) is 5.07. The minimum atomic E-state index is 0.192. The normalized spacial score (nSPS) is 14.1. The molecule has 1 aromatic rings. The van der Waals surface area contributed by atoms with Crippen molar-refractivity contribution in [1.29, 1.82) is 0 Å². The molecule has 1 aromatic heterocycles. The highest BCUT2D eigenvalue weighted by Crippen LogP contribution is 2.19. The van der Waals surface area contributed by atoms with Gasteiger partial charge in [0.2, 0.25) is 0 Å². The standard InChI is InChI=1S/C12H22N2O/c1-12(2,3)11(13)4-6-14-8-10-5-7-15-9-10/h5,7,9,11,14H,4,6,8,13H2,1-3H3. The molecule has 0 saturated heterocycles. The van der Waals surface area contributed by atoms with Gasteiger partial charge in [-0.3, -0.25) is 0 Å².